The molecule has 0 spiro atoms. The Morgan fingerprint density at radius 3 is 1.17 bits per heavy atom. The molecule has 0 N–H and O–H groups in total. The summed E-state index contributed by atoms with van der Waals surface area (Å²) in [5.41, 5.74) is 10.3. The smallest absolute Gasteiger partial charge is 0.309 e. The second-order valence-corrected chi connectivity index (χ2v) is 19.6. The summed E-state index contributed by atoms with van der Waals surface area (Å²) in [7, 11) is 0. The maximum absolute atomic E-state index is 14.3. The zero-order valence-corrected chi connectivity index (χ0v) is 41.2. The molecule has 0 fully saturated rings. The van der Waals surface area contributed by atoms with Gasteiger partial charge in [-0.25, -0.2) is 9.97 Å². The van der Waals surface area contributed by atoms with Crippen LogP contribution in [-0.2, 0) is 12.4 Å². The molecule has 0 bridgehead atoms. The van der Waals surface area contributed by atoms with Crippen LogP contribution in [0.2, 0.25) is 0 Å². The van der Waals surface area contributed by atoms with E-state index in [0.29, 0.717) is 21.9 Å². The van der Waals surface area contributed by atoms with Crippen LogP contribution < -0.4 is 0 Å². The molecule has 0 saturated carbocycles. The van der Waals surface area contributed by atoms with Gasteiger partial charge in [0.1, 0.15) is 0 Å². The van der Waals surface area contributed by atoms with Gasteiger partial charge in [0.25, 0.3) is 0 Å². The second-order valence-electron chi connectivity index (χ2n) is 19.6. The Morgan fingerprint density at radius 2 is 0.692 bits per heavy atom. The van der Waals surface area contributed by atoms with Crippen molar-refractivity contribution in [2.24, 2.45) is 0 Å². The van der Waals surface area contributed by atoms with Crippen molar-refractivity contribution in [2.45, 2.75) is 12.4 Å². The Bertz CT molecular complexity index is 4640. The van der Waals surface area contributed by atoms with Gasteiger partial charge in [-0.05, 0) is 148 Å². The summed E-state index contributed by atoms with van der Waals surface area (Å²) < 4.78 is 90.1. The van der Waals surface area contributed by atoms with E-state index in [4.69, 9.17) is 9.97 Å². The largest absolute Gasteiger partial charge is 0.416 e. The van der Waals surface area contributed by atoms with Crippen molar-refractivity contribution in [3.63, 3.8) is 0 Å². The van der Waals surface area contributed by atoms with Gasteiger partial charge in [0.15, 0.2) is 5.82 Å². The molecule has 3 heterocycles. The first-order valence-electron chi connectivity index (χ1n) is 25.3. The fourth-order valence-electron chi connectivity index (χ4n) is 11.2. The van der Waals surface area contributed by atoms with E-state index in [1.165, 1.54) is 0 Å². The molecule has 3 aromatic heterocycles. The number of halogens is 6. The maximum Gasteiger partial charge on any atom is 0.416 e. The van der Waals surface area contributed by atoms with Gasteiger partial charge in [0.05, 0.1) is 44.4 Å². The lowest BCUT2D eigenvalue weighted by Gasteiger charge is -2.16. The van der Waals surface area contributed by atoms with Gasteiger partial charge in [0, 0.05) is 54.8 Å². The number of rotatable bonds is 7. The highest BCUT2D eigenvalue weighted by Gasteiger charge is 2.37. The molecule has 0 amide bonds. The molecule has 0 radical (unpaired) electrons. The molecule has 0 aliphatic carbocycles. The van der Waals surface area contributed by atoms with Crippen molar-refractivity contribution in [1.29, 1.82) is 0 Å². The third-order valence-electron chi connectivity index (χ3n) is 14.9. The fourth-order valence-corrected chi connectivity index (χ4v) is 11.2. The number of hydrogen-bond donors (Lipinski definition) is 0. The fraction of sp³-hybridized carbons (Fsp3) is 0.0294. The van der Waals surface area contributed by atoms with E-state index in [0.717, 1.165) is 106 Å². The average molecular weight is 1030 g/mol. The van der Waals surface area contributed by atoms with Crippen LogP contribution in [0.25, 0.3) is 133 Å². The van der Waals surface area contributed by atoms with Crippen LogP contribution in [0, 0.1) is 0 Å². The number of benzene rings is 11. The molecule has 0 aliphatic rings. The maximum atomic E-state index is 14.3. The second kappa shape index (κ2) is 17.9. The van der Waals surface area contributed by atoms with Gasteiger partial charge in [-0.1, -0.05) is 133 Å². The lowest BCUT2D eigenvalue weighted by molar-refractivity contribution is -0.143. The normalized spacial score (nSPS) is 12.2. The van der Waals surface area contributed by atoms with E-state index in [1.807, 2.05) is 78.9 Å². The first-order chi connectivity index (χ1) is 37.9. The van der Waals surface area contributed by atoms with Crippen molar-refractivity contribution in [2.75, 3.05) is 0 Å². The van der Waals surface area contributed by atoms with Gasteiger partial charge in [0.2, 0.25) is 0 Å². The average Bonchev–Trinajstić information content (AvgIpc) is 4.02. The lowest BCUT2D eigenvalue weighted by Crippen LogP contribution is -2.11. The molecule has 78 heavy (non-hydrogen) atoms. The molecule has 4 nitrogen and oxygen atoms in total. The van der Waals surface area contributed by atoms with Crippen LogP contribution in [0.4, 0.5) is 26.3 Å². The quantitative estimate of drug-likeness (QED) is 0.118. The SMILES string of the molecule is FC(F)(F)c1cc(-c2nc(-c3ccc(-n4c5ccc(-c6ccccc6)cc5c5cc(-c6ccc7c(c6)c6cc(-c8ccccc8)ccc6n7-c6ccccc6)ccc54)cc3)nc3c2ccc2ccccc23)cc(C(F)(F)F)c1. The number of alkyl halides is 6. The Morgan fingerprint density at radius 1 is 0.282 bits per heavy atom. The molecular formula is C68H40F6N4. The van der Waals surface area contributed by atoms with E-state index < -0.39 is 23.5 Å². The Labute approximate surface area is 442 Å². The predicted molar refractivity (Wildman–Crippen MR) is 303 cm³/mol. The number of fused-ring (bicyclic) bond motifs is 9. The number of aromatic nitrogens is 4. The van der Waals surface area contributed by atoms with Gasteiger partial charge in [-0.3, -0.25) is 0 Å². The number of hydrogen-bond acceptors (Lipinski definition) is 2. The minimum Gasteiger partial charge on any atom is -0.309 e. The van der Waals surface area contributed by atoms with Gasteiger partial charge in [-0.2, -0.15) is 26.3 Å². The molecule has 0 saturated heterocycles. The number of para-hydroxylation sites is 1. The molecule has 11 aromatic carbocycles. The van der Waals surface area contributed by atoms with E-state index in [9.17, 15) is 26.3 Å². The summed E-state index contributed by atoms with van der Waals surface area (Å²) in [6.45, 7) is 0. The number of nitrogens with zero attached hydrogens (tertiary/aromatic N) is 4. The summed E-state index contributed by atoms with van der Waals surface area (Å²) in [6.07, 6.45) is -10.1. The van der Waals surface area contributed by atoms with E-state index in [-0.39, 0.29) is 23.1 Å². The minimum absolute atomic E-state index is 0.0492. The zero-order chi connectivity index (χ0) is 52.9. The van der Waals surface area contributed by atoms with Gasteiger partial charge in [-0.15, -0.1) is 0 Å². The van der Waals surface area contributed by atoms with Crippen molar-refractivity contribution in [1.82, 2.24) is 19.1 Å². The summed E-state index contributed by atoms with van der Waals surface area (Å²) in [4.78, 5) is 9.76. The molecule has 10 heteroatoms. The third kappa shape index (κ3) is 7.95. The Balaban J connectivity index is 0.925. The molecular weight excluding hydrogens is 987 g/mol. The summed E-state index contributed by atoms with van der Waals surface area (Å²) in [5, 5.41) is 6.16. The van der Waals surface area contributed by atoms with E-state index in [2.05, 4.69) is 143 Å². The van der Waals surface area contributed by atoms with E-state index >= 15 is 0 Å². The highest BCUT2D eigenvalue weighted by Crippen LogP contribution is 2.43. The first kappa shape index (κ1) is 46.7. The van der Waals surface area contributed by atoms with Gasteiger partial charge >= 0.3 is 12.4 Å². The molecule has 0 atom stereocenters. The summed E-state index contributed by atoms with van der Waals surface area (Å²) >= 11 is 0. The third-order valence-corrected chi connectivity index (χ3v) is 14.9. The standard InChI is InChI=1S/C68H40F6N4/c69-67(70,71)50-34-49(35-51(40-50)68(72,73)74)64-55-29-22-43-16-10-11-19-54(43)65(55)76-66(75-64)44-20-27-53(28-21-44)78-62-31-24-46(42-14-6-2-7-15-42)37-57(62)59-39-48(26-33-63(59)78)47-25-32-61-58(38-47)56-36-45(41-12-4-1-5-13-41)23-30-60(56)77(61)52-17-8-3-9-18-52/h1-40H. The lowest BCUT2D eigenvalue weighted by atomic mass is 9.98. The molecule has 0 aliphatic heterocycles. The highest BCUT2D eigenvalue weighted by molar-refractivity contribution is 6.14. The van der Waals surface area contributed by atoms with Crippen molar-refractivity contribution < 1.29 is 26.3 Å². The van der Waals surface area contributed by atoms with Gasteiger partial charge < -0.3 is 9.13 Å². The molecule has 0 unspecified atom stereocenters. The van der Waals surface area contributed by atoms with Crippen molar-refractivity contribution in [3.8, 4) is 67.4 Å². The first-order valence-corrected chi connectivity index (χ1v) is 25.3. The van der Waals surface area contributed by atoms with Crippen LogP contribution in [0.1, 0.15) is 11.1 Å². The Hall–Kier alpha value is -9.80. The molecule has 14 aromatic rings. The van der Waals surface area contributed by atoms with Crippen LogP contribution in [-0.4, -0.2) is 19.1 Å². The minimum atomic E-state index is -5.05. The van der Waals surface area contributed by atoms with Crippen LogP contribution >= 0.6 is 0 Å². The van der Waals surface area contributed by atoms with Crippen LogP contribution in [0.15, 0.2) is 243 Å². The van der Waals surface area contributed by atoms with Crippen LogP contribution in [0.5, 0.6) is 0 Å². The topological polar surface area (TPSA) is 35.6 Å². The Kier molecular flexibility index (Phi) is 10.7. The van der Waals surface area contributed by atoms with E-state index in [1.54, 1.807) is 12.1 Å². The zero-order valence-electron chi connectivity index (χ0n) is 41.2. The monoisotopic (exact) mass is 1030 g/mol. The predicted octanol–water partition coefficient (Wildman–Crippen LogP) is 19.3. The van der Waals surface area contributed by atoms with Crippen LogP contribution in [0.3, 0.4) is 0 Å². The summed E-state index contributed by atoms with van der Waals surface area (Å²) in [5.74, 6) is 0.144. The molecule has 14 rings (SSSR count). The van der Waals surface area contributed by atoms with Crippen molar-refractivity contribution in [3.05, 3.63) is 254 Å². The highest BCUT2D eigenvalue weighted by atomic mass is 19.4. The molecule has 374 valence electrons. The van der Waals surface area contributed by atoms with Crippen molar-refractivity contribution >= 4 is 65.3 Å². The summed E-state index contributed by atoms with van der Waals surface area (Å²) in [6, 6.07) is 77.5.